The predicted molar refractivity (Wildman–Crippen MR) is 84.7 cm³/mol. The molecule has 3 rings (SSSR count). The van der Waals surface area contributed by atoms with Gasteiger partial charge in [0.1, 0.15) is 6.04 Å². The Bertz CT molecular complexity index is 528. The minimum Gasteiger partial charge on any atom is -0.481 e. The van der Waals surface area contributed by atoms with Crippen LogP contribution in [0.3, 0.4) is 0 Å². The number of carbonyl (C=O) groups excluding carboxylic acids is 1. The van der Waals surface area contributed by atoms with Gasteiger partial charge in [-0.15, -0.1) is 11.3 Å². The maximum absolute atomic E-state index is 12.7. The maximum Gasteiger partial charge on any atom is 0.305 e. The molecule has 1 N–H and O–H groups in total. The Kier molecular flexibility index (Phi) is 4.78. The fourth-order valence-electron chi connectivity index (χ4n) is 3.22. The number of carboxylic acid groups (broad SMARTS) is 1. The summed E-state index contributed by atoms with van der Waals surface area (Å²) in [5.74, 6) is -0.282. The largest absolute Gasteiger partial charge is 0.481 e. The average Bonchev–Trinajstić information content (AvgIpc) is 2.92. The van der Waals surface area contributed by atoms with Gasteiger partial charge in [0.2, 0.25) is 5.91 Å². The number of carbonyl (C=O) groups is 2. The minimum absolute atomic E-state index is 0.00268. The molecule has 1 aliphatic carbocycles. The number of nitrogens with zero attached hydrogens (tertiary/aromatic N) is 2. The molecular formula is C16H22N2O3S. The molecule has 1 amide bonds. The van der Waals surface area contributed by atoms with Gasteiger partial charge in [-0.2, -0.15) is 0 Å². The quantitative estimate of drug-likeness (QED) is 0.870. The molecule has 2 heterocycles. The third-order valence-corrected chi connectivity index (χ3v) is 5.57. The maximum atomic E-state index is 12.7. The Labute approximate surface area is 134 Å². The van der Waals surface area contributed by atoms with E-state index in [0.29, 0.717) is 12.5 Å². The molecule has 6 heteroatoms. The van der Waals surface area contributed by atoms with Gasteiger partial charge in [-0.05, 0) is 30.2 Å². The highest BCUT2D eigenvalue weighted by Crippen LogP contribution is 2.29. The van der Waals surface area contributed by atoms with Crippen molar-refractivity contribution in [2.45, 2.75) is 38.3 Å². The van der Waals surface area contributed by atoms with Crippen LogP contribution in [0.15, 0.2) is 17.5 Å². The van der Waals surface area contributed by atoms with Crippen LogP contribution in [-0.4, -0.2) is 52.5 Å². The standard InChI is InChI=1S/C16H22N2O3S/c19-15(20)9-14-16(21)18(10-12-3-1-4-12)7-6-17(14)11-13-5-2-8-22-13/h2,5,8,12,14H,1,3-4,6-7,9-11H2,(H,19,20). The normalized spacial score (nSPS) is 23.5. The van der Waals surface area contributed by atoms with Crippen LogP contribution in [0.1, 0.15) is 30.6 Å². The summed E-state index contributed by atoms with van der Waals surface area (Å²) >= 11 is 1.65. The Morgan fingerprint density at radius 3 is 2.77 bits per heavy atom. The van der Waals surface area contributed by atoms with Crippen LogP contribution in [-0.2, 0) is 16.1 Å². The molecule has 2 fully saturated rings. The molecule has 1 saturated heterocycles. The average molecular weight is 322 g/mol. The molecule has 2 aliphatic rings. The zero-order valence-electron chi connectivity index (χ0n) is 12.6. The van der Waals surface area contributed by atoms with E-state index in [1.807, 2.05) is 27.3 Å². The number of carboxylic acids is 1. The van der Waals surface area contributed by atoms with E-state index in [0.717, 1.165) is 19.6 Å². The Morgan fingerprint density at radius 2 is 2.18 bits per heavy atom. The molecule has 1 aromatic heterocycles. The van der Waals surface area contributed by atoms with Gasteiger partial charge in [-0.25, -0.2) is 0 Å². The molecule has 22 heavy (non-hydrogen) atoms. The fourth-order valence-corrected chi connectivity index (χ4v) is 3.95. The van der Waals surface area contributed by atoms with Crippen LogP contribution in [0.4, 0.5) is 0 Å². The lowest BCUT2D eigenvalue weighted by Gasteiger charge is -2.42. The van der Waals surface area contributed by atoms with Gasteiger partial charge in [-0.1, -0.05) is 12.5 Å². The molecule has 120 valence electrons. The van der Waals surface area contributed by atoms with Crippen LogP contribution in [0.25, 0.3) is 0 Å². The van der Waals surface area contributed by atoms with E-state index in [4.69, 9.17) is 5.11 Å². The van der Waals surface area contributed by atoms with E-state index in [-0.39, 0.29) is 12.3 Å². The van der Waals surface area contributed by atoms with E-state index in [1.54, 1.807) is 11.3 Å². The number of hydrogen-bond acceptors (Lipinski definition) is 4. The third-order valence-electron chi connectivity index (χ3n) is 4.70. The Hall–Kier alpha value is -1.40. The first-order chi connectivity index (χ1) is 10.6. The number of aliphatic carboxylic acids is 1. The van der Waals surface area contributed by atoms with E-state index >= 15 is 0 Å². The SMILES string of the molecule is O=C(O)CC1C(=O)N(CC2CCC2)CCN1Cc1cccs1. The van der Waals surface area contributed by atoms with E-state index in [2.05, 4.69) is 0 Å². The highest BCUT2D eigenvalue weighted by molar-refractivity contribution is 7.09. The van der Waals surface area contributed by atoms with Gasteiger partial charge in [0.25, 0.3) is 0 Å². The summed E-state index contributed by atoms with van der Waals surface area (Å²) in [5, 5.41) is 11.2. The summed E-state index contributed by atoms with van der Waals surface area (Å²) in [6.07, 6.45) is 3.56. The van der Waals surface area contributed by atoms with E-state index in [1.165, 1.54) is 24.1 Å². The van der Waals surface area contributed by atoms with E-state index in [9.17, 15) is 9.59 Å². The van der Waals surface area contributed by atoms with Crippen LogP contribution >= 0.6 is 11.3 Å². The van der Waals surface area contributed by atoms with Crippen molar-refractivity contribution in [3.63, 3.8) is 0 Å². The molecule has 1 unspecified atom stereocenters. The predicted octanol–water partition coefficient (Wildman–Crippen LogP) is 2.04. The van der Waals surface area contributed by atoms with Crippen molar-refractivity contribution in [2.24, 2.45) is 5.92 Å². The molecule has 0 bridgehead atoms. The first kappa shape index (κ1) is 15.5. The van der Waals surface area contributed by atoms with Gasteiger partial charge in [0.05, 0.1) is 6.42 Å². The number of amides is 1. The zero-order chi connectivity index (χ0) is 15.5. The number of hydrogen-bond donors (Lipinski definition) is 1. The smallest absolute Gasteiger partial charge is 0.305 e. The van der Waals surface area contributed by atoms with Crippen LogP contribution in [0.2, 0.25) is 0 Å². The first-order valence-electron chi connectivity index (χ1n) is 7.90. The molecular weight excluding hydrogens is 300 g/mol. The number of rotatable bonds is 6. The lowest BCUT2D eigenvalue weighted by molar-refractivity contribution is -0.150. The lowest BCUT2D eigenvalue weighted by Crippen LogP contribution is -2.58. The van der Waals surface area contributed by atoms with Gasteiger partial charge < -0.3 is 10.0 Å². The highest BCUT2D eigenvalue weighted by Gasteiger charge is 2.37. The molecule has 0 radical (unpaired) electrons. The summed E-state index contributed by atoms with van der Waals surface area (Å²) in [6, 6.07) is 3.50. The molecule has 1 saturated carbocycles. The van der Waals surface area contributed by atoms with Crippen LogP contribution in [0, 0.1) is 5.92 Å². The molecule has 0 aromatic carbocycles. The minimum atomic E-state index is -0.903. The molecule has 5 nitrogen and oxygen atoms in total. The van der Waals surface area contributed by atoms with Gasteiger partial charge in [0.15, 0.2) is 0 Å². The van der Waals surface area contributed by atoms with Crippen molar-refractivity contribution in [1.82, 2.24) is 9.80 Å². The van der Waals surface area contributed by atoms with Gasteiger partial charge in [-0.3, -0.25) is 14.5 Å². The molecule has 0 spiro atoms. The summed E-state index contributed by atoms with van der Waals surface area (Å²) in [4.78, 5) is 29.0. The second-order valence-corrected chi connectivity index (χ2v) is 7.28. The fraction of sp³-hybridized carbons (Fsp3) is 0.625. The molecule has 1 aromatic rings. The second-order valence-electron chi connectivity index (χ2n) is 6.24. The van der Waals surface area contributed by atoms with Crippen LogP contribution < -0.4 is 0 Å². The van der Waals surface area contributed by atoms with Gasteiger partial charge in [0, 0.05) is 31.1 Å². The summed E-state index contributed by atoms with van der Waals surface area (Å²) in [7, 11) is 0. The van der Waals surface area contributed by atoms with Crippen LogP contribution in [0.5, 0.6) is 0 Å². The van der Waals surface area contributed by atoms with Crippen molar-refractivity contribution in [3.8, 4) is 0 Å². The topological polar surface area (TPSA) is 60.9 Å². The first-order valence-corrected chi connectivity index (χ1v) is 8.78. The van der Waals surface area contributed by atoms with Crippen molar-refractivity contribution in [2.75, 3.05) is 19.6 Å². The monoisotopic (exact) mass is 322 g/mol. The highest BCUT2D eigenvalue weighted by atomic mass is 32.1. The van der Waals surface area contributed by atoms with E-state index < -0.39 is 12.0 Å². The lowest BCUT2D eigenvalue weighted by atomic mass is 9.85. The summed E-state index contributed by atoms with van der Waals surface area (Å²) < 4.78 is 0. The van der Waals surface area contributed by atoms with Crippen molar-refractivity contribution < 1.29 is 14.7 Å². The molecule has 1 atom stereocenters. The summed E-state index contributed by atoms with van der Waals surface area (Å²) in [5.41, 5.74) is 0. The summed E-state index contributed by atoms with van der Waals surface area (Å²) in [6.45, 7) is 2.95. The van der Waals surface area contributed by atoms with Crippen molar-refractivity contribution in [1.29, 1.82) is 0 Å². The number of piperazine rings is 1. The third kappa shape index (κ3) is 3.50. The van der Waals surface area contributed by atoms with Crippen molar-refractivity contribution in [3.05, 3.63) is 22.4 Å². The van der Waals surface area contributed by atoms with Gasteiger partial charge >= 0.3 is 5.97 Å². The Morgan fingerprint density at radius 1 is 1.36 bits per heavy atom. The zero-order valence-corrected chi connectivity index (χ0v) is 13.4. The van der Waals surface area contributed by atoms with Crippen molar-refractivity contribution >= 4 is 23.2 Å². The second kappa shape index (κ2) is 6.79. The Balaban J connectivity index is 1.68. The molecule has 1 aliphatic heterocycles. The number of thiophene rings is 1.